The van der Waals surface area contributed by atoms with Gasteiger partial charge < -0.3 is 19.9 Å². The van der Waals surface area contributed by atoms with Crippen LogP contribution >= 0.6 is 0 Å². The molecule has 0 aromatic heterocycles. The van der Waals surface area contributed by atoms with Crippen LogP contribution in [0.25, 0.3) is 0 Å². The molecule has 1 aliphatic carbocycles. The van der Waals surface area contributed by atoms with E-state index < -0.39 is 6.10 Å². The summed E-state index contributed by atoms with van der Waals surface area (Å²) in [5.41, 5.74) is 0. The summed E-state index contributed by atoms with van der Waals surface area (Å²) in [7, 11) is 0. The Labute approximate surface area is 129 Å². The zero-order valence-corrected chi connectivity index (χ0v) is 13.6. The molecule has 2 aliphatic rings. The van der Waals surface area contributed by atoms with Crippen molar-refractivity contribution in [2.24, 2.45) is 5.92 Å². The van der Waals surface area contributed by atoms with E-state index >= 15 is 0 Å². The van der Waals surface area contributed by atoms with Gasteiger partial charge in [-0.15, -0.1) is 0 Å². The van der Waals surface area contributed by atoms with Crippen molar-refractivity contribution in [3.05, 3.63) is 0 Å². The van der Waals surface area contributed by atoms with Gasteiger partial charge in [0.1, 0.15) is 0 Å². The highest BCUT2D eigenvalue weighted by Gasteiger charge is 2.21. The van der Waals surface area contributed by atoms with Gasteiger partial charge in [0.2, 0.25) is 0 Å². The quantitative estimate of drug-likeness (QED) is 0.687. The summed E-state index contributed by atoms with van der Waals surface area (Å²) in [5, 5.41) is 13.5. The van der Waals surface area contributed by atoms with Gasteiger partial charge >= 0.3 is 0 Å². The fraction of sp³-hybridized carbons (Fsp3) is 1.00. The van der Waals surface area contributed by atoms with Crippen LogP contribution in [0.3, 0.4) is 0 Å². The smallest absolute Gasteiger partial charge is 0.0897 e. The van der Waals surface area contributed by atoms with Crippen LogP contribution in [0.5, 0.6) is 0 Å². The second-order valence-corrected chi connectivity index (χ2v) is 6.74. The Bertz CT molecular complexity index is 261. The average Bonchev–Trinajstić information content (AvgIpc) is 3.00. The first kappa shape index (κ1) is 17.2. The topological polar surface area (TPSA) is 50.7 Å². The maximum absolute atomic E-state index is 9.96. The van der Waals surface area contributed by atoms with E-state index in [0.29, 0.717) is 25.8 Å². The summed E-state index contributed by atoms with van der Waals surface area (Å²) in [6.45, 7) is 4.82. The number of nitrogens with one attached hydrogen (secondary N) is 1. The zero-order chi connectivity index (χ0) is 14.9. The van der Waals surface area contributed by atoms with Gasteiger partial charge in [-0.05, 0) is 44.4 Å². The number of rotatable bonds is 9. The second-order valence-electron chi connectivity index (χ2n) is 6.74. The van der Waals surface area contributed by atoms with E-state index in [9.17, 15) is 5.11 Å². The van der Waals surface area contributed by atoms with Crippen LogP contribution in [-0.2, 0) is 9.47 Å². The van der Waals surface area contributed by atoms with Crippen molar-refractivity contribution in [1.29, 1.82) is 0 Å². The molecule has 0 bridgehead atoms. The Balaban J connectivity index is 1.48. The first-order valence-electron chi connectivity index (χ1n) is 8.88. The highest BCUT2D eigenvalue weighted by Crippen LogP contribution is 2.27. The van der Waals surface area contributed by atoms with Gasteiger partial charge in [0.05, 0.1) is 25.4 Å². The van der Waals surface area contributed by atoms with Crippen molar-refractivity contribution in [2.75, 3.05) is 26.4 Å². The number of hydrogen-bond acceptors (Lipinski definition) is 4. The Kier molecular flexibility index (Phi) is 8.01. The highest BCUT2D eigenvalue weighted by atomic mass is 16.5. The van der Waals surface area contributed by atoms with Gasteiger partial charge in [-0.1, -0.05) is 19.8 Å². The molecule has 1 saturated carbocycles. The summed E-state index contributed by atoms with van der Waals surface area (Å²) in [6.07, 6.45) is 9.97. The minimum Gasteiger partial charge on any atom is -0.389 e. The van der Waals surface area contributed by atoms with Crippen LogP contribution in [0, 0.1) is 5.92 Å². The van der Waals surface area contributed by atoms with Gasteiger partial charge in [0, 0.05) is 19.2 Å². The summed E-state index contributed by atoms with van der Waals surface area (Å²) in [5.74, 6) is 0.938. The lowest BCUT2D eigenvalue weighted by Gasteiger charge is -2.29. The van der Waals surface area contributed by atoms with Crippen LogP contribution in [0.15, 0.2) is 0 Å². The van der Waals surface area contributed by atoms with Crippen molar-refractivity contribution in [2.45, 2.75) is 76.5 Å². The molecule has 2 N–H and O–H groups in total. The molecular weight excluding hydrogens is 266 g/mol. The molecule has 2 fully saturated rings. The normalized spacial score (nSPS) is 31.4. The fourth-order valence-electron chi connectivity index (χ4n) is 3.54. The fourth-order valence-corrected chi connectivity index (χ4v) is 3.54. The van der Waals surface area contributed by atoms with E-state index in [1.54, 1.807) is 0 Å². The Hall–Kier alpha value is -0.160. The number of hydrogen-bond donors (Lipinski definition) is 2. The molecule has 1 saturated heterocycles. The molecule has 0 radical (unpaired) electrons. The predicted octanol–water partition coefficient (Wildman–Crippen LogP) is 2.49. The maximum Gasteiger partial charge on any atom is 0.0897 e. The van der Waals surface area contributed by atoms with E-state index in [0.717, 1.165) is 25.4 Å². The lowest BCUT2D eigenvalue weighted by atomic mass is 9.83. The molecule has 0 amide bonds. The van der Waals surface area contributed by atoms with Crippen LogP contribution in [0.2, 0.25) is 0 Å². The molecule has 21 heavy (non-hydrogen) atoms. The van der Waals surface area contributed by atoms with E-state index in [1.165, 1.54) is 38.5 Å². The minimum absolute atomic E-state index is 0.249. The molecule has 0 aromatic rings. The van der Waals surface area contributed by atoms with E-state index in [4.69, 9.17) is 9.47 Å². The third-order valence-electron chi connectivity index (χ3n) is 4.82. The molecule has 0 spiro atoms. The predicted molar refractivity (Wildman–Crippen MR) is 84.5 cm³/mol. The van der Waals surface area contributed by atoms with Gasteiger partial charge in [-0.3, -0.25) is 0 Å². The summed E-state index contributed by atoms with van der Waals surface area (Å²) >= 11 is 0. The first-order valence-corrected chi connectivity index (χ1v) is 8.88. The van der Waals surface area contributed by atoms with Crippen molar-refractivity contribution in [3.63, 3.8) is 0 Å². The third kappa shape index (κ3) is 6.64. The molecule has 4 heteroatoms. The Morgan fingerprint density at radius 1 is 1.24 bits per heavy atom. The standard InChI is InChI=1S/C17H33NO3/c1-2-4-14-6-8-15(9-7-14)18-11-16(19)12-20-13-17-5-3-10-21-17/h14-19H,2-13H2,1H3. The van der Waals surface area contributed by atoms with Crippen LogP contribution in [-0.4, -0.2) is 49.7 Å². The zero-order valence-electron chi connectivity index (χ0n) is 13.6. The van der Waals surface area contributed by atoms with Gasteiger partial charge in [-0.25, -0.2) is 0 Å². The van der Waals surface area contributed by atoms with Crippen molar-refractivity contribution >= 4 is 0 Å². The van der Waals surface area contributed by atoms with Crippen molar-refractivity contribution < 1.29 is 14.6 Å². The van der Waals surface area contributed by atoms with E-state index in [1.807, 2.05) is 0 Å². The van der Waals surface area contributed by atoms with E-state index in [2.05, 4.69) is 12.2 Å². The number of aliphatic hydroxyl groups is 1. The second kappa shape index (κ2) is 9.78. The van der Waals surface area contributed by atoms with Gasteiger partial charge in [0.15, 0.2) is 0 Å². The average molecular weight is 299 g/mol. The lowest BCUT2D eigenvalue weighted by molar-refractivity contribution is -0.0172. The van der Waals surface area contributed by atoms with Crippen molar-refractivity contribution in [1.82, 2.24) is 5.32 Å². The number of ether oxygens (including phenoxy) is 2. The van der Waals surface area contributed by atoms with Crippen LogP contribution in [0.4, 0.5) is 0 Å². The Morgan fingerprint density at radius 3 is 2.71 bits per heavy atom. The molecule has 124 valence electrons. The maximum atomic E-state index is 9.96. The first-order chi connectivity index (χ1) is 10.3. The molecule has 2 atom stereocenters. The largest absolute Gasteiger partial charge is 0.389 e. The third-order valence-corrected chi connectivity index (χ3v) is 4.82. The molecule has 2 unspecified atom stereocenters. The van der Waals surface area contributed by atoms with Gasteiger partial charge in [-0.2, -0.15) is 0 Å². The SMILES string of the molecule is CCCC1CCC(NCC(O)COCC2CCCO2)CC1. The summed E-state index contributed by atoms with van der Waals surface area (Å²) in [4.78, 5) is 0. The minimum atomic E-state index is -0.403. The van der Waals surface area contributed by atoms with Crippen LogP contribution in [0.1, 0.15) is 58.3 Å². The monoisotopic (exact) mass is 299 g/mol. The molecule has 1 aliphatic heterocycles. The molecular formula is C17H33NO3. The summed E-state index contributed by atoms with van der Waals surface area (Å²) < 4.78 is 11.1. The Morgan fingerprint density at radius 2 is 2.05 bits per heavy atom. The molecule has 4 nitrogen and oxygen atoms in total. The highest BCUT2D eigenvalue weighted by molar-refractivity contribution is 4.78. The molecule has 0 aromatic carbocycles. The molecule has 2 rings (SSSR count). The van der Waals surface area contributed by atoms with E-state index in [-0.39, 0.29) is 6.10 Å². The lowest BCUT2D eigenvalue weighted by Crippen LogP contribution is -2.39. The number of aliphatic hydroxyl groups excluding tert-OH is 1. The van der Waals surface area contributed by atoms with Crippen molar-refractivity contribution in [3.8, 4) is 0 Å². The van der Waals surface area contributed by atoms with Crippen LogP contribution < -0.4 is 5.32 Å². The van der Waals surface area contributed by atoms with Gasteiger partial charge in [0.25, 0.3) is 0 Å². The molecule has 1 heterocycles. The summed E-state index contributed by atoms with van der Waals surface area (Å²) in [6, 6.07) is 0.589.